The van der Waals surface area contributed by atoms with Gasteiger partial charge in [0.2, 0.25) is 0 Å². The van der Waals surface area contributed by atoms with Gasteiger partial charge in [-0.2, -0.15) is 5.19 Å². The summed E-state index contributed by atoms with van der Waals surface area (Å²) < 4.78 is 19.5. The first kappa shape index (κ1) is 15.3. The molecule has 102 valence electrons. The third-order valence-electron chi connectivity index (χ3n) is 2.56. The second-order valence-corrected chi connectivity index (χ2v) is 8.83. The van der Waals surface area contributed by atoms with Gasteiger partial charge in [-0.05, 0) is 6.92 Å². The largest absolute Gasteiger partial charge is 0.561 e. The van der Waals surface area contributed by atoms with Crippen molar-refractivity contribution in [3.8, 4) is 0 Å². The minimum absolute atomic E-state index is 0.0302. The highest BCUT2D eigenvalue weighted by atomic mass is 28.3. The smallest absolute Gasteiger partial charge is 0.150 e. The molecule has 0 saturated carbocycles. The number of hydrogen-bond acceptors (Lipinski definition) is 2. The molecule has 0 fully saturated rings. The second-order valence-electron chi connectivity index (χ2n) is 5.81. The molecule has 1 atom stereocenters. The van der Waals surface area contributed by atoms with E-state index in [4.69, 9.17) is 9.53 Å². The molecule has 1 rings (SSSR count). The fraction of sp³-hybridized carbons (Fsp3) is 0.571. The molecule has 4 heteroatoms. The maximum atomic E-state index is 13.7. The van der Waals surface area contributed by atoms with E-state index in [1.54, 1.807) is 0 Å². The number of rotatable bonds is 5. The first-order valence-electron chi connectivity index (χ1n) is 6.12. The molecule has 0 radical (unpaired) electrons. The topological polar surface area (TPSA) is 29.5 Å². The van der Waals surface area contributed by atoms with Gasteiger partial charge in [-0.15, -0.1) is 14.1 Å². The van der Waals surface area contributed by atoms with E-state index >= 15 is 0 Å². The Hall–Kier alpha value is -0.713. The van der Waals surface area contributed by atoms with Crippen LogP contribution in [-0.2, 0) is 4.43 Å². The number of aliphatic hydroxyl groups is 1. The number of aliphatic hydroxyl groups excluding tert-OH is 1. The van der Waals surface area contributed by atoms with Crippen molar-refractivity contribution in [1.82, 2.24) is 0 Å². The molecule has 0 aliphatic carbocycles. The van der Waals surface area contributed by atoms with Crippen LogP contribution in [0.25, 0.3) is 0 Å². The lowest BCUT2D eigenvalue weighted by atomic mass is 10.2. The molecular formula is C14H22FO2Si-. The Balaban J connectivity index is 2.82. The van der Waals surface area contributed by atoms with Gasteiger partial charge in [0, 0.05) is 6.61 Å². The Labute approximate surface area is 111 Å². The zero-order chi connectivity index (χ0) is 13.8. The summed E-state index contributed by atoms with van der Waals surface area (Å²) in [5.74, 6) is 0. The van der Waals surface area contributed by atoms with Crippen LogP contribution in [0, 0.1) is 0 Å². The van der Waals surface area contributed by atoms with Crippen LogP contribution in [0.2, 0.25) is 5.04 Å². The van der Waals surface area contributed by atoms with Crippen LogP contribution in [-0.4, -0.2) is 33.0 Å². The van der Waals surface area contributed by atoms with Crippen LogP contribution in [0.5, 0.6) is 0 Å². The molecule has 0 aliphatic heterocycles. The Morgan fingerprint density at radius 3 is 2.17 bits per heavy atom. The van der Waals surface area contributed by atoms with Crippen molar-refractivity contribution in [1.29, 1.82) is 0 Å². The summed E-state index contributed by atoms with van der Waals surface area (Å²) in [7, 11) is -1.33. The van der Waals surface area contributed by atoms with Crippen molar-refractivity contribution in [3.63, 3.8) is 0 Å². The zero-order valence-electron chi connectivity index (χ0n) is 11.5. The Kier molecular flexibility index (Phi) is 5.07. The summed E-state index contributed by atoms with van der Waals surface area (Å²) in [5.41, 5.74) is -1.67. The average molecular weight is 269 g/mol. The van der Waals surface area contributed by atoms with Crippen molar-refractivity contribution in [2.24, 2.45) is 0 Å². The summed E-state index contributed by atoms with van der Waals surface area (Å²) in [6, 6.07) is 9.94. The van der Waals surface area contributed by atoms with Gasteiger partial charge in [-0.25, -0.2) is 4.39 Å². The van der Waals surface area contributed by atoms with E-state index in [0.29, 0.717) is 0 Å². The molecule has 18 heavy (non-hydrogen) atoms. The number of benzene rings is 1. The van der Waals surface area contributed by atoms with E-state index in [1.165, 1.54) is 6.92 Å². The fourth-order valence-corrected chi connectivity index (χ4v) is 4.00. The molecule has 0 bridgehead atoms. The number of halogens is 1. The van der Waals surface area contributed by atoms with Crippen LogP contribution in [0.4, 0.5) is 4.39 Å². The van der Waals surface area contributed by atoms with Gasteiger partial charge in [-0.3, -0.25) is 0 Å². The standard InChI is InChI=1S/C14H22FO2Si/c1-13(2,3)18(12-8-6-5-7-9-12)17-11-14(4,15)10-16/h5-9,16H,10-11H2,1-4H3/q-1. The van der Waals surface area contributed by atoms with Crippen LogP contribution in [0.15, 0.2) is 30.3 Å². The van der Waals surface area contributed by atoms with Crippen LogP contribution >= 0.6 is 0 Å². The molecule has 1 aromatic rings. The summed E-state index contributed by atoms with van der Waals surface area (Å²) >= 11 is 0. The normalized spacial score (nSPS) is 15.2. The van der Waals surface area contributed by atoms with Gasteiger partial charge in [0.25, 0.3) is 0 Å². The zero-order valence-corrected chi connectivity index (χ0v) is 12.5. The first-order valence-corrected chi connectivity index (χ1v) is 7.52. The summed E-state index contributed by atoms with van der Waals surface area (Å²) in [4.78, 5) is 0. The van der Waals surface area contributed by atoms with E-state index < -0.39 is 21.3 Å². The molecule has 0 aliphatic rings. The van der Waals surface area contributed by atoms with E-state index in [0.717, 1.165) is 5.19 Å². The molecule has 1 N–H and O–H groups in total. The highest BCUT2D eigenvalue weighted by Gasteiger charge is 2.23. The first-order chi connectivity index (χ1) is 8.26. The minimum atomic E-state index is -1.67. The highest BCUT2D eigenvalue weighted by Crippen LogP contribution is 2.28. The van der Waals surface area contributed by atoms with Crippen LogP contribution < -0.4 is 5.19 Å². The van der Waals surface area contributed by atoms with Crippen molar-refractivity contribution >= 4 is 14.2 Å². The lowest BCUT2D eigenvalue weighted by Gasteiger charge is -2.46. The SMILES string of the molecule is CC(F)(CO)CO[Si-](c1ccccc1)C(C)(C)C. The van der Waals surface area contributed by atoms with Gasteiger partial charge >= 0.3 is 0 Å². The van der Waals surface area contributed by atoms with E-state index in [2.05, 4.69) is 20.8 Å². The third kappa shape index (κ3) is 4.52. The molecule has 0 saturated heterocycles. The molecule has 0 heterocycles. The predicted octanol–water partition coefficient (Wildman–Crippen LogP) is 2.42. The van der Waals surface area contributed by atoms with Gasteiger partial charge in [0.15, 0.2) is 5.67 Å². The third-order valence-corrected chi connectivity index (χ3v) is 5.22. The Morgan fingerprint density at radius 1 is 1.17 bits per heavy atom. The summed E-state index contributed by atoms with van der Waals surface area (Å²) in [6.07, 6.45) is 0. The second kappa shape index (κ2) is 5.95. The average Bonchev–Trinajstić information content (AvgIpc) is 2.29. The van der Waals surface area contributed by atoms with Crippen molar-refractivity contribution < 1.29 is 13.9 Å². The van der Waals surface area contributed by atoms with Gasteiger partial charge in [0.05, 0.1) is 6.61 Å². The van der Waals surface area contributed by atoms with E-state index in [9.17, 15) is 4.39 Å². The van der Waals surface area contributed by atoms with Gasteiger partial charge in [-0.1, -0.05) is 51.1 Å². The Morgan fingerprint density at radius 2 is 1.72 bits per heavy atom. The van der Waals surface area contributed by atoms with Crippen LogP contribution in [0.1, 0.15) is 27.7 Å². The van der Waals surface area contributed by atoms with Crippen LogP contribution in [0.3, 0.4) is 0 Å². The number of alkyl halides is 1. The van der Waals surface area contributed by atoms with Crippen molar-refractivity contribution in [3.05, 3.63) is 30.3 Å². The predicted molar refractivity (Wildman–Crippen MR) is 74.1 cm³/mol. The van der Waals surface area contributed by atoms with E-state index in [1.807, 2.05) is 30.3 Å². The molecule has 1 aromatic carbocycles. The lowest BCUT2D eigenvalue weighted by Crippen LogP contribution is -2.45. The highest BCUT2D eigenvalue weighted by molar-refractivity contribution is 6.70. The molecule has 0 spiro atoms. The summed E-state index contributed by atoms with van der Waals surface area (Å²) in [6.45, 7) is 7.08. The van der Waals surface area contributed by atoms with Gasteiger partial charge < -0.3 is 9.53 Å². The van der Waals surface area contributed by atoms with Gasteiger partial charge in [0.1, 0.15) is 0 Å². The molecular weight excluding hydrogens is 247 g/mol. The maximum Gasteiger partial charge on any atom is 0.150 e. The summed E-state index contributed by atoms with van der Waals surface area (Å²) in [5, 5.41) is 10.0. The monoisotopic (exact) mass is 269 g/mol. The Bertz CT molecular complexity index is 360. The molecule has 1 unspecified atom stereocenters. The van der Waals surface area contributed by atoms with Crippen molar-refractivity contribution in [2.45, 2.75) is 38.4 Å². The lowest BCUT2D eigenvalue weighted by molar-refractivity contribution is 0.0391. The minimum Gasteiger partial charge on any atom is -0.561 e. The molecule has 0 amide bonds. The fourth-order valence-electron chi connectivity index (χ4n) is 1.59. The van der Waals surface area contributed by atoms with E-state index in [-0.39, 0.29) is 11.6 Å². The van der Waals surface area contributed by atoms with Crippen molar-refractivity contribution in [2.75, 3.05) is 13.2 Å². The molecule has 0 aromatic heterocycles. The quantitative estimate of drug-likeness (QED) is 0.832. The molecule has 2 nitrogen and oxygen atoms in total. The maximum absolute atomic E-state index is 13.7. The number of hydrogen-bond donors (Lipinski definition) is 1.